The minimum atomic E-state index is -4.04. The average Bonchev–Trinajstić information content (AvgIpc) is 3.28. The van der Waals surface area contributed by atoms with Crippen LogP contribution in [0.2, 0.25) is 0 Å². The molecule has 1 aromatic heterocycles. The predicted octanol–water partition coefficient (Wildman–Crippen LogP) is 3.90. The normalized spacial score (nSPS) is 11.5. The molecule has 33 heavy (non-hydrogen) atoms. The Morgan fingerprint density at radius 3 is 2.33 bits per heavy atom. The topological polar surface area (TPSA) is 118 Å². The van der Waals surface area contributed by atoms with E-state index in [2.05, 4.69) is 5.32 Å². The standard InChI is InChI=1S/C24H22N2O6S/c1-15-3-9-18(10-4-15)33(30,31)26-12-11-19-21(27)13-20(24(29)23(19)26)25-14-22(28)16-5-7-17(32-2)8-6-16/h3-13,25,27,29H,14H2,1-2H3. The highest BCUT2D eigenvalue weighted by Crippen LogP contribution is 2.40. The van der Waals surface area contributed by atoms with E-state index in [1.165, 1.54) is 37.6 Å². The number of Topliss-reactive ketones (excluding diaryl/α,β-unsaturated/α-hetero) is 1. The predicted molar refractivity (Wildman–Crippen MR) is 125 cm³/mol. The number of aromatic nitrogens is 1. The van der Waals surface area contributed by atoms with Crippen LogP contribution in [0.5, 0.6) is 17.2 Å². The summed E-state index contributed by atoms with van der Waals surface area (Å²) in [5, 5.41) is 24.3. The van der Waals surface area contributed by atoms with Gasteiger partial charge < -0.3 is 20.3 Å². The van der Waals surface area contributed by atoms with Gasteiger partial charge in [0.15, 0.2) is 11.5 Å². The Hall–Kier alpha value is -3.98. The minimum absolute atomic E-state index is 0.0286. The number of hydrogen-bond acceptors (Lipinski definition) is 7. The van der Waals surface area contributed by atoms with Gasteiger partial charge in [-0.15, -0.1) is 0 Å². The molecule has 0 aliphatic carbocycles. The van der Waals surface area contributed by atoms with E-state index in [9.17, 15) is 23.4 Å². The molecule has 0 fully saturated rings. The van der Waals surface area contributed by atoms with Gasteiger partial charge in [0, 0.05) is 23.2 Å². The first-order chi connectivity index (χ1) is 15.7. The van der Waals surface area contributed by atoms with Crippen LogP contribution in [0.4, 0.5) is 5.69 Å². The summed E-state index contributed by atoms with van der Waals surface area (Å²) in [6.07, 6.45) is 1.27. The highest BCUT2D eigenvalue weighted by molar-refractivity contribution is 7.90. The van der Waals surface area contributed by atoms with E-state index in [1.54, 1.807) is 36.4 Å². The number of benzene rings is 3. The lowest BCUT2D eigenvalue weighted by Gasteiger charge is -2.13. The first-order valence-electron chi connectivity index (χ1n) is 10.0. The average molecular weight is 467 g/mol. The molecule has 170 valence electrons. The molecule has 3 aromatic carbocycles. The van der Waals surface area contributed by atoms with Crippen LogP contribution in [0.3, 0.4) is 0 Å². The van der Waals surface area contributed by atoms with Crippen molar-refractivity contribution in [2.75, 3.05) is 19.0 Å². The summed E-state index contributed by atoms with van der Waals surface area (Å²) in [5.41, 5.74) is 1.27. The van der Waals surface area contributed by atoms with Crippen LogP contribution < -0.4 is 10.1 Å². The number of carbonyl (C=O) groups is 1. The molecule has 8 nitrogen and oxygen atoms in total. The second-order valence-corrected chi connectivity index (χ2v) is 9.30. The summed E-state index contributed by atoms with van der Waals surface area (Å²) in [6, 6.07) is 15.5. The van der Waals surface area contributed by atoms with Crippen molar-refractivity contribution in [2.24, 2.45) is 0 Å². The lowest BCUT2D eigenvalue weighted by atomic mass is 10.1. The zero-order chi connectivity index (χ0) is 23.8. The largest absolute Gasteiger partial charge is 0.507 e. The first-order valence-corrected chi connectivity index (χ1v) is 11.5. The Labute approximate surface area is 190 Å². The molecular formula is C24H22N2O6S. The van der Waals surface area contributed by atoms with Crippen molar-refractivity contribution in [3.63, 3.8) is 0 Å². The van der Waals surface area contributed by atoms with Crippen LogP contribution >= 0.6 is 0 Å². The third kappa shape index (κ3) is 4.10. The fraction of sp³-hybridized carbons (Fsp3) is 0.125. The van der Waals surface area contributed by atoms with E-state index in [0.29, 0.717) is 11.3 Å². The number of hydrogen-bond donors (Lipinski definition) is 3. The van der Waals surface area contributed by atoms with Crippen LogP contribution in [0.1, 0.15) is 15.9 Å². The van der Waals surface area contributed by atoms with Crippen LogP contribution in [-0.4, -0.2) is 42.0 Å². The maximum Gasteiger partial charge on any atom is 0.268 e. The summed E-state index contributed by atoms with van der Waals surface area (Å²) in [7, 11) is -2.51. The molecule has 0 aliphatic heterocycles. The fourth-order valence-electron chi connectivity index (χ4n) is 3.48. The molecule has 0 atom stereocenters. The number of rotatable bonds is 7. The number of phenols is 2. The molecule has 4 aromatic rings. The molecule has 3 N–H and O–H groups in total. The number of anilines is 1. The minimum Gasteiger partial charge on any atom is -0.507 e. The van der Waals surface area contributed by atoms with Crippen molar-refractivity contribution in [3.05, 3.63) is 78.0 Å². The Bertz CT molecular complexity index is 1440. The second kappa shape index (κ2) is 8.51. The van der Waals surface area contributed by atoms with E-state index in [-0.39, 0.29) is 39.6 Å². The van der Waals surface area contributed by atoms with Crippen molar-refractivity contribution in [1.82, 2.24) is 3.97 Å². The lowest BCUT2D eigenvalue weighted by Crippen LogP contribution is -2.15. The molecule has 0 unspecified atom stereocenters. The third-order valence-corrected chi connectivity index (χ3v) is 7.01. The Morgan fingerprint density at radius 2 is 1.70 bits per heavy atom. The summed E-state index contributed by atoms with van der Waals surface area (Å²) in [6.45, 7) is 1.66. The SMILES string of the molecule is COc1ccc(C(=O)CNc2cc(O)c3ccn(S(=O)(=O)c4ccc(C)cc4)c3c2O)cc1. The lowest BCUT2D eigenvalue weighted by molar-refractivity contribution is 0.101. The van der Waals surface area contributed by atoms with Crippen molar-refractivity contribution in [1.29, 1.82) is 0 Å². The molecule has 1 heterocycles. The monoisotopic (exact) mass is 466 g/mol. The summed E-state index contributed by atoms with van der Waals surface area (Å²) >= 11 is 0. The van der Waals surface area contributed by atoms with Gasteiger partial charge in [0.05, 0.1) is 24.2 Å². The fourth-order valence-corrected chi connectivity index (χ4v) is 4.83. The molecule has 0 saturated carbocycles. The Kier molecular flexibility index (Phi) is 5.73. The van der Waals surface area contributed by atoms with E-state index in [4.69, 9.17) is 4.74 Å². The van der Waals surface area contributed by atoms with Crippen LogP contribution in [0.15, 0.2) is 71.8 Å². The van der Waals surface area contributed by atoms with Gasteiger partial charge in [-0.3, -0.25) is 4.79 Å². The number of ether oxygens (including phenoxy) is 1. The smallest absolute Gasteiger partial charge is 0.268 e. The number of aromatic hydroxyl groups is 2. The van der Waals surface area contributed by atoms with Gasteiger partial charge in [0.1, 0.15) is 17.0 Å². The first kappa shape index (κ1) is 22.2. The maximum atomic E-state index is 13.2. The number of nitrogens with zero attached hydrogens (tertiary/aromatic N) is 1. The number of aryl methyl sites for hydroxylation is 1. The summed E-state index contributed by atoms with van der Waals surface area (Å²) < 4.78 is 32.4. The molecule has 4 rings (SSSR count). The number of methoxy groups -OCH3 is 1. The second-order valence-electron chi connectivity index (χ2n) is 7.49. The molecule has 0 spiro atoms. The van der Waals surface area contributed by atoms with Crippen molar-refractivity contribution >= 4 is 32.4 Å². The number of nitrogens with one attached hydrogen (secondary N) is 1. The van der Waals surface area contributed by atoms with Crippen molar-refractivity contribution in [2.45, 2.75) is 11.8 Å². The molecule has 9 heteroatoms. The van der Waals surface area contributed by atoms with E-state index >= 15 is 0 Å². The molecular weight excluding hydrogens is 444 g/mol. The van der Waals surface area contributed by atoms with E-state index in [1.807, 2.05) is 6.92 Å². The highest BCUT2D eigenvalue weighted by Gasteiger charge is 2.24. The number of fused-ring (bicyclic) bond motifs is 1. The number of ketones is 1. The number of carbonyl (C=O) groups excluding carboxylic acids is 1. The molecule has 0 saturated heterocycles. The molecule has 0 aliphatic rings. The van der Waals surface area contributed by atoms with Gasteiger partial charge >= 0.3 is 0 Å². The van der Waals surface area contributed by atoms with Crippen LogP contribution in [-0.2, 0) is 10.0 Å². The maximum absolute atomic E-state index is 13.2. The Morgan fingerprint density at radius 1 is 1.03 bits per heavy atom. The van der Waals surface area contributed by atoms with Gasteiger partial charge in [-0.05, 0) is 49.4 Å². The van der Waals surface area contributed by atoms with Crippen molar-refractivity contribution in [3.8, 4) is 17.2 Å². The zero-order valence-electron chi connectivity index (χ0n) is 17.9. The van der Waals surface area contributed by atoms with Gasteiger partial charge in [-0.2, -0.15) is 0 Å². The van der Waals surface area contributed by atoms with Gasteiger partial charge in [0.2, 0.25) is 0 Å². The summed E-state index contributed by atoms with van der Waals surface area (Å²) in [4.78, 5) is 12.6. The van der Waals surface area contributed by atoms with Crippen molar-refractivity contribution < 1.29 is 28.2 Å². The van der Waals surface area contributed by atoms with Gasteiger partial charge in [0.25, 0.3) is 10.0 Å². The van der Waals surface area contributed by atoms with E-state index in [0.717, 1.165) is 9.54 Å². The third-order valence-electron chi connectivity index (χ3n) is 5.32. The number of phenolic OH excluding ortho intramolecular Hbond substituents is 2. The highest BCUT2D eigenvalue weighted by atomic mass is 32.2. The van der Waals surface area contributed by atoms with Crippen LogP contribution in [0, 0.1) is 6.92 Å². The zero-order valence-corrected chi connectivity index (χ0v) is 18.8. The molecule has 0 bridgehead atoms. The Balaban J connectivity index is 1.68. The summed E-state index contributed by atoms with van der Waals surface area (Å²) in [5.74, 6) is -0.284. The molecule has 0 amide bonds. The van der Waals surface area contributed by atoms with Gasteiger partial charge in [-0.25, -0.2) is 12.4 Å². The van der Waals surface area contributed by atoms with E-state index < -0.39 is 15.8 Å². The van der Waals surface area contributed by atoms with Gasteiger partial charge in [-0.1, -0.05) is 17.7 Å². The quantitative estimate of drug-likeness (QED) is 0.215. The van der Waals surface area contributed by atoms with Crippen LogP contribution in [0.25, 0.3) is 10.9 Å². The molecule has 0 radical (unpaired) electrons.